The summed E-state index contributed by atoms with van der Waals surface area (Å²) >= 11 is 0. The van der Waals surface area contributed by atoms with Gasteiger partial charge in [-0.15, -0.1) is 24.8 Å². The van der Waals surface area contributed by atoms with E-state index in [0.29, 0.717) is 23.8 Å². The summed E-state index contributed by atoms with van der Waals surface area (Å²) in [6, 6.07) is 18.3. The van der Waals surface area contributed by atoms with Gasteiger partial charge in [-0.05, 0) is 111 Å². The second kappa shape index (κ2) is 15.4. The Morgan fingerprint density at radius 2 is 1.62 bits per heavy atom. The van der Waals surface area contributed by atoms with E-state index < -0.39 is 5.97 Å². The average molecular weight is 580 g/mol. The number of nitrogens with zero attached hydrogens (tertiary/aromatic N) is 2. The van der Waals surface area contributed by atoms with E-state index in [2.05, 4.69) is 40.1 Å². The highest BCUT2D eigenvalue weighted by molar-refractivity contribution is 5.85. The normalized spacial score (nSPS) is 23.8. The zero-order valence-electron chi connectivity index (χ0n) is 22.9. The molecule has 1 heterocycles. The molecule has 1 aliphatic heterocycles. The SMILES string of the molecule is Cl.Cl.O=C(O)CN(CC1CC1)[C@@H]1C[C@H](CN2CCC(CCCc3ccc(F)cc3)CC2)[C@@H](c2ccccc2)C1. The van der Waals surface area contributed by atoms with Gasteiger partial charge in [-0.1, -0.05) is 48.9 Å². The molecule has 0 aromatic heterocycles. The standard InChI is InChI=1S/C32H43FN2O2.2ClH/c33-29-13-11-24(12-14-29)5-4-6-25-15-17-34(18-16-25)22-28-19-30(20-31(28)27-7-2-1-3-8-27)35(23-32(36)37)21-26-9-10-26;;/h1-3,7-8,11-14,25-26,28,30-31H,4-6,9-10,15-23H2,(H,36,37);2*1H/t28-,30-,31-;;/m1../s1. The second-order valence-corrected chi connectivity index (χ2v) is 11.9. The molecular formula is C32H45Cl2FN2O2. The third-order valence-corrected chi connectivity index (χ3v) is 9.13. The van der Waals surface area contributed by atoms with Crippen LogP contribution < -0.4 is 0 Å². The van der Waals surface area contributed by atoms with E-state index in [1.165, 1.54) is 62.7 Å². The van der Waals surface area contributed by atoms with Gasteiger partial charge in [0, 0.05) is 19.1 Å². The molecule has 3 aliphatic rings. The third-order valence-electron chi connectivity index (χ3n) is 9.13. The van der Waals surface area contributed by atoms with Crippen LogP contribution in [0.1, 0.15) is 68.4 Å². The summed E-state index contributed by atoms with van der Waals surface area (Å²) in [6.45, 7) is 4.60. The van der Waals surface area contributed by atoms with Crippen molar-refractivity contribution in [3.63, 3.8) is 0 Å². The number of carboxylic acids is 1. The lowest BCUT2D eigenvalue weighted by Gasteiger charge is -2.35. The smallest absolute Gasteiger partial charge is 0.317 e. The zero-order chi connectivity index (χ0) is 25.6. The number of aryl methyl sites for hydroxylation is 1. The van der Waals surface area contributed by atoms with E-state index in [0.717, 1.165) is 38.3 Å². The topological polar surface area (TPSA) is 43.8 Å². The van der Waals surface area contributed by atoms with Crippen LogP contribution in [0.5, 0.6) is 0 Å². The lowest BCUT2D eigenvalue weighted by atomic mass is 9.87. The van der Waals surface area contributed by atoms with Crippen molar-refractivity contribution < 1.29 is 14.3 Å². The van der Waals surface area contributed by atoms with Crippen LogP contribution in [0.2, 0.25) is 0 Å². The number of aliphatic carboxylic acids is 1. The number of piperidine rings is 1. The molecule has 0 unspecified atom stereocenters. The minimum Gasteiger partial charge on any atom is -0.480 e. The molecule has 1 saturated heterocycles. The van der Waals surface area contributed by atoms with Crippen molar-refractivity contribution in [2.45, 2.75) is 69.7 Å². The summed E-state index contributed by atoms with van der Waals surface area (Å²) in [6.07, 6.45) is 10.7. The first-order valence-electron chi connectivity index (χ1n) is 14.5. The molecule has 5 rings (SSSR count). The van der Waals surface area contributed by atoms with Gasteiger partial charge in [0.15, 0.2) is 0 Å². The number of halogens is 3. The van der Waals surface area contributed by atoms with Gasteiger partial charge in [0.2, 0.25) is 0 Å². The van der Waals surface area contributed by atoms with Crippen LogP contribution in [0, 0.1) is 23.6 Å². The van der Waals surface area contributed by atoms with E-state index in [1.54, 1.807) is 12.1 Å². The van der Waals surface area contributed by atoms with Crippen molar-refractivity contribution in [1.29, 1.82) is 0 Å². The monoisotopic (exact) mass is 578 g/mol. The van der Waals surface area contributed by atoms with Gasteiger partial charge in [-0.25, -0.2) is 4.39 Å². The Balaban J connectivity index is 0.00000210. The van der Waals surface area contributed by atoms with Crippen molar-refractivity contribution >= 4 is 30.8 Å². The quantitative estimate of drug-likeness (QED) is 0.292. The van der Waals surface area contributed by atoms with Gasteiger partial charge < -0.3 is 10.0 Å². The van der Waals surface area contributed by atoms with Gasteiger partial charge >= 0.3 is 5.97 Å². The van der Waals surface area contributed by atoms with Crippen molar-refractivity contribution in [3.8, 4) is 0 Å². The Morgan fingerprint density at radius 3 is 2.26 bits per heavy atom. The highest BCUT2D eigenvalue weighted by Gasteiger charge is 2.40. The Labute approximate surface area is 246 Å². The maximum absolute atomic E-state index is 13.1. The lowest BCUT2D eigenvalue weighted by molar-refractivity contribution is -0.139. The first-order valence-corrected chi connectivity index (χ1v) is 14.5. The number of carbonyl (C=O) groups is 1. The summed E-state index contributed by atoms with van der Waals surface area (Å²) in [7, 11) is 0. The highest BCUT2D eigenvalue weighted by Crippen LogP contribution is 2.44. The number of carboxylic acid groups (broad SMARTS) is 1. The second-order valence-electron chi connectivity index (χ2n) is 11.9. The summed E-state index contributed by atoms with van der Waals surface area (Å²) in [5.74, 6) is 1.74. The summed E-state index contributed by atoms with van der Waals surface area (Å²) in [5.41, 5.74) is 2.66. The molecule has 0 radical (unpaired) electrons. The molecule has 39 heavy (non-hydrogen) atoms. The minimum absolute atomic E-state index is 0. The van der Waals surface area contributed by atoms with Crippen molar-refractivity contribution in [3.05, 3.63) is 71.5 Å². The molecule has 0 bridgehead atoms. The zero-order valence-corrected chi connectivity index (χ0v) is 24.6. The first-order chi connectivity index (χ1) is 18.0. The maximum atomic E-state index is 13.1. The molecule has 216 valence electrons. The third kappa shape index (κ3) is 9.45. The van der Waals surface area contributed by atoms with Crippen LogP contribution in [0.25, 0.3) is 0 Å². The van der Waals surface area contributed by atoms with Gasteiger partial charge in [0.25, 0.3) is 0 Å². The van der Waals surface area contributed by atoms with E-state index in [1.807, 2.05) is 12.1 Å². The highest BCUT2D eigenvalue weighted by atomic mass is 35.5. The first kappa shape index (κ1) is 31.9. The van der Waals surface area contributed by atoms with E-state index in [9.17, 15) is 14.3 Å². The van der Waals surface area contributed by atoms with Gasteiger partial charge in [-0.3, -0.25) is 9.69 Å². The van der Waals surface area contributed by atoms with Crippen LogP contribution in [-0.4, -0.2) is 59.6 Å². The van der Waals surface area contributed by atoms with Crippen LogP contribution in [0.3, 0.4) is 0 Å². The fraction of sp³-hybridized carbons (Fsp3) is 0.594. The molecule has 0 spiro atoms. The fourth-order valence-corrected chi connectivity index (χ4v) is 6.89. The van der Waals surface area contributed by atoms with Gasteiger partial charge in [0.1, 0.15) is 5.82 Å². The Kier molecular flexibility index (Phi) is 12.6. The van der Waals surface area contributed by atoms with Crippen LogP contribution in [0.15, 0.2) is 54.6 Å². The Morgan fingerprint density at radius 1 is 0.923 bits per heavy atom. The minimum atomic E-state index is -0.693. The summed E-state index contributed by atoms with van der Waals surface area (Å²) in [4.78, 5) is 16.6. The molecule has 2 saturated carbocycles. The maximum Gasteiger partial charge on any atom is 0.317 e. The van der Waals surface area contributed by atoms with Crippen LogP contribution in [0.4, 0.5) is 4.39 Å². The van der Waals surface area contributed by atoms with Crippen LogP contribution in [-0.2, 0) is 11.2 Å². The van der Waals surface area contributed by atoms with Crippen molar-refractivity contribution in [2.75, 3.05) is 32.7 Å². The molecule has 2 aromatic carbocycles. The molecule has 0 amide bonds. The van der Waals surface area contributed by atoms with Gasteiger partial charge in [-0.2, -0.15) is 0 Å². The molecule has 1 N–H and O–H groups in total. The molecule has 3 fully saturated rings. The fourth-order valence-electron chi connectivity index (χ4n) is 6.89. The number of likely N-dealkylation sites (tertiary alicyclic amines) is 1. The van der Waals surface area contributed by atoms with Crippen molar-refractivity contribution in [2.24, 2.45) is 17.8 Å². The molecule has 3 atom stereocenters. The number of rotatable bonds is 12. The molecule has 2 aliphatic carbocycles. The van der Waals surface area contributed by atoms with Crippen LogP contribution >= 0.6 is 24.8 Å². The van der Waals surface area contributed by atoms with E-state index >= 15 is 0 Å². The van der Waals surface area contributed by atoms with E-state index in [-0.39, 0.29) is 37.2 Å². The summed E-state index contributed by atoms with van der Waals surface area (Å²) in [5, 5.41) is 9.58. The number of benzene rings is 2. The Hall–Kier alpha value is -1.66. The molecule has 2 aromatic rings. The summed E-state index contributed by atoms with van der Waals surface area (Å²) < 4.78 is 13.1. The number of hydrogen-bond acceptors (Lipinski definition) is 3. The van der Waals surface area contributed by atoms with Crippen molar-refractivity contribution in [1.82, 2.24) is 9.80 Å². The predicted octanol–water partition coefficient (Wildman–Crippen LogP) is 7.06. The lowest BCUT2D eigenvalue weighted by Crippen LogP contribution is -2.40. The number of hydrogen-bond donors (Lipinski definition) is 1. The molecule has 4 nitrogen and oxygen atoms in total. The largest absolute Gasteiger partial charge is 0.480 e. The average Bonchev–Trinajstić information content (AvgIpc) is 3.62. The Bertz CT molecular complexity index is 997. The van der Waals surface area contributed by atoms with Gasteiger partial charge in [0.05, 0.1) is 6.54 Å². The van der Waals surface area contributed by atoms with E-state index in [4.69, 9.17) is 0 Å². The predicted molar refractivity (Wildman–Crippen MR) is 161 cm³/mol. The molecular weight excluding hydrogens is 534 g/mol. The molecule has 7 heteroatoms.